The quantitative estimate of drug-likeness (QED) is 0.785. The van der Waals surface area contributed by atoms with E-state index in [-0.39, 0.29) is 25.2 Å². The summed E-state index contributed by atoms with van der Waals surface area (Å²) in [6.45, 7) is -0.0725. The summed E-state index contributed by atoms with van der Waals surface area (Å²) < 4.78 is 53.2. The minimum Gasteiger partial charge on any atom is -0.337 e. The summed E-state index contributed by atoms with van der Waals surface area (Å²) in [5.74, 6) is -2.43. The molecule has 24 heavy (non-hydrogen) atoms. The number of alkyl halides is 3. The number of piperidine rings is 1. The van der Waals surface area contributed by atoms with Gasteiger partial charge in [-0.15, -0.1) is 0 Å². The normalized spacial score (nSPS) is 18.7. The molecule has 1 amide bonds. The van der Waals surface area contributed by atoms with Crippen molar-refractivity contribution in [2.24, 2.45) is 5.92 Å². The highest BCUT2D eigenvalue weighted by atomic mass is 19.4. The molecule has 3 rings (SSSR count). The van der Waals surface area contributed by atoms with Crippen LogP contribution in [0.4, 0.5) is 17.6 Å². The van der Waals surface area contributed by atoms with E-state index >= 15 is 0 Å². The van der Waals surface area contributed by atoms with Gasteiger partial charge in [0.1, 0.15) is 11.5 Å². The van der Waals surface area contributed by atoms with Crippen molar-refractivity contribution in [3.05, 3.63) is 48.3 Å². The predicted octanol–water partition coefficient (Wildman–Crippen LogP) is 3.43. The first kappa shape index (κ1) is 16.5. The standard InChI is InChI=1S/C16H15F4N3O/c17-12-3-5-13(6-4-12)23-10-21-8-14(23)15(24)22-7-1-2-11(9-22)16(18,19)20/h3-6,8,10-11H,1-2,7,9H2/t11-/m1/s1. The van der Waals surface area contributed by atoms with Gasteiger partial charge in [0.05, 0.1) is 18.4 Å². The van der Waals surface area contributed by atoms with E-state index in [2.05, 4.69) is 4.98 Å². The first-order valence-corrected chi connectivity index (χ1v) is 7.50. The summed E-state index contributed by atoms with van der Waals surface area (Å²) >= 11 is 0. The summed E-state index contributed by atoms with van der Waals surface area (Å²) in [6, 6.07) is 5.43. The highest BCUT2D eigenvalue weighted by Crippen LogP contribution is 2.33. The molecule has 128 valence electrons. The van der Waals surface area contributed by atoms with E-state index in [0.717, 1.165) is 0 Å². The van der Waals surface area contributed by atoms with Gasteiger partial charge >= 0.3 is 6.18 Å². The van der Waals surface area contributed by atoms with Gasteiger partial charge in [0.2, 0.25) is 0 Å². The van der Waals surface area contributed by atoms with Crippen molar-refractivity contribution in [1.29, 1.82) is 0 Å². The van der Waals surface area contributed by atoms with E-state index in [0.29, 0.717) is 12.1 Å². The average Bonchev–Trinajstić information content (AvgIpc) is 3.04. The maximum atomic E-state index is 13.0. The smallest absolute Gasteiger partial charge is 0.337 e. The molecule has 0 spiro atoms. The van der Waals surface area contributed by atoms with Gasteiger partial charge in [-0.2, -0.15) is 13.2 Å². The number of benzene rings is 1. The second kappa shape index (κ2) is 6.26. The minimum absolute atomic E-state index is 0.0322. The molecule has 1 aromatic carbocycles. The molecule has 1 aromatic heterocycles. The lowest BCUT2D eigenvalue weighted by Crippen LogP contribution is -2.45. The third-order valence-corrected chi connectivity index (χ3v) is 4.13. The molecule has 1 atom stereocenters. The van der Waals surface area contributed by atoms with Crippen LogP contribution in [0.15, 0.2) is 36.8 Å². The number of hydrogen-bond acceptors (Lipinski definition) is 2. The van der Waals surface area contributed by atoms with E-state index in [9.17, 15) is 22.4 Å². The van der Waals surface area contributed by atoms with Crippen LogP contribution in [-0.4, -0.2) is 39.6 Å². The Morgan fingerprint density at radius 3 is 2.58 bits per heavy atom. The number of carbonyl (C=O) groups excluding carboxylic acids is 1. The van der Waals surface area contributed by atoms with E-state index in [1.54, 1.807) is 0 Å². The highest BCUT2D eigenvalue weighted by Gasteiger charge is 2.43. The second-order valence-corrected chi connectivity index (χ2v) is 5.76. The van der Waals surface area contributed by atoms with Crippen molar-refractivity contribution in [2.75, 3.05) is 13.1 Å². The Morgan fingerprint density at radius 2 is 1.92 bits per heavy atom. The summed E-state index contributed by atoms with van der Waals surface area (Å²) in [5.41, 5.74) is 0.672. The third kappa shape index (κ3) is 3.27. The lowest BCUT2D eigenvalue weighted by molar-refractivity contribution is -0.184. The van der Waals surface area contributed by atoms with E-state index in [1.165, 1.54) is 46.3 Å². The predicted molar refractivity (Wildman–Crippen MR) is 78.2 cm³/mol. The molecule has 0 aliphatic carbocycles. The lowest BCUT2D eigenvalue weighted by Gasteiger charge is -2.33. The van der Waals surface area contributed by atoms with Crippen molar-refractivity contribution in [1.82, 2.24) is 14.5 Å². The number of nitrogens with zero attached hydrogens (tertiary/aromatic N) is 3. The Labute approximate surface area is 135 Å². The monoisotopic (exact) mass is 341 g/mol. The van der Waals surface area contributed by atoms with Gasteiger partial charge in [0.25, 0.3) is 5.91 Å². The summed E-state index contributed by atoms with van der Waals surface area (Å²) in [4.78, 5) is 17.7. The molecular formula is C16H15F4N3O. The van der Waals surface area contributed by atoms with Crippen LogP contribution in [-0.2, 0) is 0 Å². The number of halogens is 4. The zero-order valence-corrected chi connectivity index (χ0v) is 12.6. The van der Waals surface area contributed by atoms with Crippen LogP contribution in [0, 0.1) is 11.7 Å². The van der Waals surface area contributed by atoms with Crippen LogP contribution in [0.2, 0.25) is 0 Å². The Hall–Kier alpha value is -2.38. The Morgan fingerprint density at radius 1 is 1.21 bits per heavy atom. The van der Waals surface area contributed by atoms with Crippen molar-refractivity contribution >= 4 is 5.91 Å². The zero-order valence-electron chi connectivity index (χ0n) is 12.6. The zero-order chi connectivity index (χ0) is 17.3. The van der Waals surface area contributed by atoms with Gasteiger partial charge in [-0.3, -0.25) is 9.36 Å². The van der Waals surface area contributed by atoms with Gasteiger partial charge < -0.3 is 4.90 Å². The van der Waals surface area contributed by atoms with Crippen LogP contribution in [0.1, 0.15) is 23.3 Å². The minimum atomic E-state index is -4.31. The lowest BCUT2D eigenvalue weighted by atomic mass is 9.97. The molecule has 2 heterocycles. The Balaban J connectivity index is 1.83. The van der Waals surface area contributed by atoms with Crippen molar-refractivity contribution in [3.8, 4) is 5.69 Å². The number of imidazole rings is 1. The number of likely N-dealkylation sites (tertiary alicyclic amines) is 1. The maximum absolute atomic E-state index is 13.0. The molecule has 0 saturated carbocycles. The maximum Gasteiger partial charge on any atom is 0.393 e. The number of rotatable bonds is 2. The van der Waals surface area contributed by atoms with Crippen molar-refractivity contribution < 1.29 is 22.4 Å². The molecule has 0 unspecified atom stereocenters. The van der Waals surface area contributed by atoms with E-state index in [4.69, 9.17) is 0 Å². The third-order valence-electron chi connectivity index (χ3n) is 4.13. The SMILES string of the molecule is O=C(c1cncn1-c1ccc(F)cc1)N1CCC[C@@H](C(F)(F)F)C1. The van der Waals surface area contributed by atoms with Gasteiger partial charge in [-0.25, -0.2) is 9.37 Å². The number of amides is 1. The summed E-state index contributed by atoms with van der Waals surface area (Å²) in [5, 5.41) is 0. The first-order chi connectivity index (χ1) is 11.4. The molecule has 1 fully saturated rings. The molecule has 4 nitrogen and oxygen atoms in total. The summed E-state index contributed by atoms with van der Waals surface area (Å²) in [6.07, 6.45) is -1.28. The van der Waals surface area contributed by atoms with Crippen LogP contribution >= 0.6 is 0 Å². The Kier molecular flexibility index (Phi) is 4.29. The average molecular weight is 341 g/mol. The molecule has 0 N–H and O–H groups in total. The highest BCUT2D eigenvalue weighted by molar-refractivity contribution is 5.93. The Bertz CT molecular complexity index is 724. The molecule has 1 aliphatic rings. The van der Waals surface area contributed by atoms with Crippen molar-refractivity contribution in [3.63, 3.8) is 0 Å². The van der Waals surface area contributed by atoms with E-state index in [1.807, 2.05) is 0 Å². The van der Waals surface area contributed by atoms with Gasteiger partial charge in [0.15, 0.2) is 0 Å². The molecule has 2 aromatic rings. The van der Waals surface area contributed by atoms with Gasteiger partial charge in [-0.05, 0) is 37.1 Å². The fraction of sp³-hybridized carbons (Fsp3) is 0.375. The second-order valence-electron chi connectivity index (χ2n) is 5.76. The van der Waals surface area contributed by atoms with Crippen molar-refractivity contribution in [2.45, 2.75) is 19.0 Å². The topological polar surface area (TPSA) is 38.1 Å². The molecule has 8 heteroatoms. The molecule has 0 bridgehead atoms. The van der Waals surface area contributed by atoms with Crippen LogP contribution in [0.3, 0.4) is 0 Å². The molecule has 0 radical (unpaired) electrons. The van der Waals surface area contributed by atoms with Gasteiger partial charge in [0, 0.05) is 18.8 Å². The largest absolute Gasteiger partial charge is 0.393 e. The number of hydrogen-bond donors (Lipinski definition) is 0. The molecule has 1 aliphatic heterocycles. The van der Waals surface area contributed by atoms with Crippen LogP contribution < -0.4 is 0 Å². The molecular weight excluding hydrogens is 326 g/mol. The molecule has 1 saturated heterocycles. The van der Waals surface area contributed by atoms with E-state index < -0.39 is 23.8 Å². The fourth-order valence-corrected chi connectivity index (χ4v) is 2.85. The number of aromatic nitrogens is 2. The fourth-order valence-electron chi connectivity index (χ4n) is 2.85. The van der Waals surface area contributed by atoms with Crippen LogP contribution in [0.5, 0.6) is 0 Å². The van der Waals surface area contributed by atoms with Crippen LogP contribution in [0.25, 0.3) is 5.69 Å². The first-order valence-electron chi connectivity index (χ1n) is 7.50. The number of carbonyl (C=O) groups is 1. The van der Waals surface area contributed by atoms with Gasteiger partial charge in [-0.1, -0.05) is 0 Å². The summed E-state index contributed by atoms with van der Waals surface area (Å²) in [7, 11) is 0.